The molecule has 1 amide bonds. The highest BCUT2D eigenvalue weighted by Crippen LogP contribution is 2.11. The lowest BCUT2D eigenvalue weighted by atomic mass is 10.1. The number of nitrogens with zero attached hydrogens (tertiary/aromatic N) is 1. The lowest BCUT2D eigenvalue weighted by Gasteiger charge is -2.05. The Bertz CT molecular complexity index is 552. The maximum Gasteiger partial charge on any atom is 0.229 e. The third kappa shape index (κ3) is 3.67. The van der Waals surface area contributed by atoms with Gasteiger partial charge in [0.05, 0.1) is 6.42 Å². The zero-order valence-electron chi connectivity index (χ0n) is 9.98. The number of amides is 1. The van der Waals surface area contributed by atoms with Crippen molar-refractivity contribution in [3.05, 3.63) is 58.2 Å². The van der Waals surface area contributed by atoms with Crippen molar-refractivity contribution in [2.24, 2.45) is 0 Å². The summed E-state index contributed by atoms with van der Waals surface area (Å²) in [5.74, 6) is 0.535. The van der Waals surface area contributed by atoms with E-state index in [0.717, 1.165) is 15.7 Å². The summed E-state index contributed by atoms with van der Waals surface area (Å²) in [4.78, 5) is 16.0. The normalized spacial score (nSPS) is 10.1. The van der Waals surface area contributed by atoms with E-state index in [-0.39, 0.29) is 5.91 Å². The summed E-state index contributed by atoms with van der Waals surface area (Å²) in [6.07, 6.45) is 0.350. The largest absolute Gasteiger partial charge is 0.310 e. The summed E-state index contributed by atoms with van der Waals surface area (Å²) >= 11 is 3.36. The van der Waals surface area contributed by atoms with E-state index in [9.17, 15) is 4.79 Å². The maximum atomic E-state index is 11.8. The Morgan fingerprint density at radius 3 is 2.61 bits per heavy atom. The van der Waals surface area contributed by atoms with Gasteiger partial charge in [0.25, 0.3) is 0 Å². The highest BCUT2D eigenvalue weighted by Gasteiger charge is 2.04. The fourth-order valence-corrected chi connectivity index (χ4v) is 1.85. The molecule has 0 aliphatic carbocycles. The molecule has 0 radical (unpaired) electrons. The van der Waals surface area contributed by atoms with E-state index in [1.54, 1.807) is 6.07 Å². The van der Waals surface area contributed by atoms with Crippen molar-refractivity contribution in [2.75, 3.05) is 5.32 Å². The molecule has 0 aliphatic heterocycles. The zero-order chi connectivity index (χ0) is 13.0. The molecule has 0 atom stereocenters. The van der Waals surface area contributed by atoms with Crippen LogP contribution >= 0.6 is 15.9 Å². The van der Waals surface area contributed by atoms with Gasteiger partial charge in [0.1, 0.15) is 5.82 Å². The Morgan fingerprint density at radius 1 is 1.22 bits per heavy atom. The van der Waals surface area contributed by atoms with E-state index in [1.165, 1.54) is 0 Å². The number of anilines is 1. The quantitative estimate of drug-likeness (QED) is 0.945. The molecular weight excluding hydrogens is 292 g/mol. The average molecular weight is 305 g/mol. The van der Waals surface area contributed by atoms with E-state index < -0.39 is 0 Å². The lowest BCUT2D eigenvalue weighted by Crippen LogP contribution is -2.15. The van der Waals surface area contributed by atoms with E-state index in [1.807, 2.05) is 43.3 Å². The molecule has 0 aliphatic rings. The predicted octanol–water partition coefficient (Wildman–Crippen LogP) is 3.33. The first-order chi connectivity index (χ1) is 8.63. The third-order valence-electron chi connectivity index (χ3n) is 2.43. The van der Waals surface area contributed by atoms with Crippen LogP contribution in [-0.4, -0.2) is 10.9 Å². The molecule has 18 heavy (non-hydrogen) atoms. The lowest BCUT2D eigenvalue weighted by molar-refractivity contribution is -0.115. The number of carbonyl (C=O) groups is 1. The van der Waals surface area contributed by atoms with Gasteiger partial charge in [-0.2, -0.15) is 0 Å². The number of halogens is 1. The van der Waals surface area contributed by atoms with Gasteiger partial charge in [0, 0.05) is 10.2 Å². The highest BCUT2D eigenvalue weighted by molar-refractivity contribution is 9.10. The Hall–Kier alpha value is -1.68. The standard InChI is InChI=1S/C14H13BrN2O/c1-10-3-2-4-13(16-10)17-14(18)9-11-5-7-12(15)8-6-11/h2-8H,9H2,1H3,(H,16,17,18). The molecular formula is C14H13BrN2O. The van der Waals surface area contributed by atoms with Crippen molar-refractivity contribution in [3.63, 3.8) is 0 Å². The van der Waals surface area contributed by atoms with Crippen molar-refractivity contribution in [1.29, 1.82) is 0 Å². The molecule has 0 spiro atoms. The topological polar surface area (TPSA) is 42.0 Å². The van der Waals surface area contributed by atoms with Crippen LogP contribution in [-0.2, 0) is 11.2 Å². The van der Waals surface area contributed by atoms with Gasteiger partial charge in [-0.25, -0.2) is 4.98 Å². The number of carbonyl (C=O) groups excluding carboxylic acids is 1. The minimum Gasteiger partial charge on any atom is -0.310 e. The summed E-state index contributed by atoms with van der Waals surface area (Å²) in [6, 6.07) is 13.2. The number of aromatic nitrogens is 1. The van der Waals surface area contributed by atoms with Gasteiger partial charge in [-0.3, -0.25) is 4.79 Å². The second-order valence-corrected chi connectivity index (χ2v) is 4.93. The van der Waals surface area contributed by atoms with Gasteiger partial charge in [0.2, 0.25) is 5.91 Å². The van der Waals surface area contributed by atoms with Crippen molar-refractivity contribution in [1.82, 2.24) is 4.98 Å². The fourth-order valence-electron chi connectivity index (χ4n) is 1.59. The van der Waals surface area contributed by atoms with Crippen molar-refractivity contribution in [3.8, 4) is 0 Å². The van der Waals surface area contributed by atoms with Gasteiger partial charge in [0.15, 0.2) is 0 Å². The molecule has 92 valence electrons. The van der Waals surface area contributed by atoms with Crippen LogP contribution in [0.15, 0.2) is 46.9 Å². The molecule has 2 rings (SSSR count). The molecule has 0 saturated carbocycles. The predicted molar refractivity (Wildman–Crippen MR) is 75.4 cm³/mol. The van der Waals surface area contributed by atoms with E-state index in [4.69, 9.17) is 0 Å². The summed E-state index contributed by atoms with van der Waals surface area (Å²) in [6.45, 7) is 1.89. The molecule has 2 aromatic rings. The Balaban J connectivity index is 1.98. The summed E-state index contributed by atoms with van der Waals surface area (Å²) in [7, 11) is 0. The number of pyridine rings is 1. The molecule has 1 heterocycles. The van der Waals surface area contributed by atoms with Crippen molar-refractivity contribution < 1.29 is 4.79 Å². The summed E-state index contributed by atoms with van der Waals surface area (Å²) in [5, 5.41) is 2.78. The highest BCUT2D eigenvalue weighted by atomic mass is 79.9. The third-order valence-corrected chi connectivity index (χ3v) is 2.96. The summed E-state index contributed by atoms with van der Waals surface area (Å²) < 4.78 is 1.01. The minimum atomic E-state index is -0.0598. The van der Waals surface area contributed by atoms with Gasteiger partial charge < -0.3 is 5.32 Å². The molecule has 1 aromatic heterocycles. The molecule has 4 heteroatoms. The van der Waals surface area contributed by atoms with E-state index in [2.05, 4.69) is 26.2 Å². The first-order valence-electron chi connectivity index (χ1n) is 5.61. The maximum absolute atomic E-state index is 11.8. The monoisotopic (exact) mass is 304 g/mol. The number of hydrogen-bond donors (Lipinski definition) is 1. The number of aryl methyl sites for hydroxylation is 1. The van der Waals surface area contributed by atoms with Crippen LogP contribution in [0, 0.1) is 6.92 Å². The van der Waals surface area contributed by atoms with Crippen LogP contribution in [0.4, 0.5) is 5.82 Å². The Morgan fingerprint density at radius 2 is 1.94 bits per heavy atom. The fraction of sp³-hybridized carbons (Fsp3) is 0.143. The number of rotatable bonds is 3. The number of hydrogen-bond acceptors (Lipinski definition) is 2. The number of benzene rings is 1. The first kappa shape index (κ1) is 12.8. The van der Waals surface area contributed by atoms with Gasteiger partial charge in [-0.05, 0) is 36.8 Å². The number of nitrogens with one attached hydrogen (secondary N) is 1. The second-order valence-electron chi connectivity index (χ2n) is 4.02. The van der Waals surface area contributed by atoms with Crippen LogP contribution in [0.2, 0.25) is 0 Å². The molecule has 0 bridgehead atoms. The summed E-state index contributed by atoms with van der Waals surface area (Å²) in [5.41, 5.74) is 1.86. The SMILES string of the molecule is Cc1cccc(NC(=O)Cc2ccc(Br)cc2)n1. The molecule has 0 fully saturated rings. The van der Waals surface area contributed by atoms with Crippen LogP contribution < -0.4 is 5.32 Å². The van der Waals surface area contributed by atoms with Gasteiger partial charge >= 0.3 is 0 Å². The van der Waals surface area contributed by atoms with Crippen LogP contribution in [0.5, 0.6) is 0 Å². The molecule has 0 saturated heterocycles. The molecule has 1 aromatic carbocycles. The van der Waals surface area contributed by atoms with E-state index in [0.29, 0.717) is 12.2 Å². The first-order valence-corrected chi connectivity index (χ1v) is 6.41. The molecule has 0 unspecified atom stereocenters. The van der Waals surface area contributed by atoms with Crippen molar-refractivity contribution in [2.45, 2.75) is 13.3 Å². The zero-order valence-corrected chi connectivity index (χ0v) is 11.6. The molecule has 3 nitrogen and oxygen atoms in total. The van der Waals surface area contributed by atoms with Gasteiger partial charge in [-0.15, -0.1) is 0 Å². The smallest absolute Gasteiger partial charge is 0.229 e. The Labute approximate surface area is 114 Å². The van der Waals surface area contributed by atoms with Crippen molar-refractivity contribution >= 4 is 27.7 Å². The van der Waals surface area contributed by atoms with Crippen LogP contribution in [0.25, 0.3) is 0 Å². The van der Waals surface area contributed by atoms with Crippen LogP contribution in [0.1, 0.15) is 11.3 Å². The Kier molecular flexibility index (Phi) is 4.10. The van der Waals surface area contributed by atoms with E-state index >= 15 is 0 Å². The van der Waals surface area contributed by atoms with Gasteiger partial charge in [-0.1, -0.05) is 34.1 Å². The second kappa shape index (κ2) is 5.78. The van der Waals surface area contributed by atoms with Crippen LogP contribution in [0.3, 0.4) is 0 Å². The average Bonchev–Trinajstić information content (AvgIpc) is 2.32. The minimum absolute atomic E-state index is 0.0598. The molecule has 1 N–H and O–H groups in total.